The zero-order valence-electron chi connectivity index (χ0n) is 23.4. The Hall–Kier alpha value is -4.25. The van der Waals surface area contributed by atoms with Crippen LogP contribution in [0.25, 0.3) is 28.0 Å². The topological polar surface area (TPSA) is 114 Å². The first-order valence-corrected chi connectivity index (χ1v) is 13.6. The summed E-state index contributed by atoms with van der Waals surface area (Å²) in [4.78, 5) is 42.7. The number of methoxy groups -OCH3 is 1. The molecule has 214 valence electrons. The summed E-state index contributed by atoms with van der Waals surface area (Å²) in [6.07, 6.45) is 0.691. The minimum Gasteiger partial charge on any atom is -0.493 e. The van der Waals surface area contributed by atoms with Gasteiger partial charge in [0.25, 0.3) is 0 Å². The van der Waals surface area contributed by atoms with E-state index in [0.29, 0.717) is 34.7 Å². The van der Waals surface area contributed by atoms with Crippen LogP contribution in [0.2, 0.25) is 5.02 Å². The summed E-state index contributed by atoms with van der Waals surface area (Å²) in [5, 5.41) is 10.2. The number of anilines is 1. The van der Waals surface area contributed by atoms with Gasteiger partial charge in [0.15, 0.2) is 17.2 Å². The molecule has 12 heteroatoms. The summed E-state index contributed by atoms with van der Waals surface area (Å²) in [7, 11) is 1.36. The quantitative estimate of drug-likeness (QED) is 0.340. The number of hydrogen-bond acceptors (Lipinski definition) is 7. The van der Waals surface area contributed by atoms with E-state index in [4.69, 9.17) is 21.3 Å². The van der Waals surface area contributed by atoms with Crippen LogP contribution in [0.15, 0.2) is 41.3 Å². The van der Waals surface area contributed by atoms with Crippen LogP contribution in [0.3, 0.4) is 0 Å². The van der Waals surface area contributed by atoms with Crippen LogP contribution in [-0.4, -0.2) is 68.4 Å². The number of fused-ring (bicyclic) bond motifs is 1. The number of ether oxygens (including phenoxy) is 1. The highest BCUT2D eigenvalue weighted by Crippen LogP contribution is 2.39. The van der Waals surface area contributed by atoms with E-state index in [1.807, 2.05) is 38.7 Å². The second-order valence-corrected chi connectivity index (χ2v) is 10.8. The second-order valence-electron chi connectivity index (χ2n) is 10.4. The highest BCUT2D eigenvalue weighted by atomic mass is 35.5. The molecule has 1 aliphatic heterocycles. The van der Waals surface area contributed by atoms with Gasteiger partial charge < -0.3 is 19.6 Å². The number of carbonyl (C=O) groups is 1. The van der Waals surface area contributed by atoms with E-state index in [9.17, 15) is 19.1 Å². The molecule has 1 fully saturated rings. The molecule has 5 rings (SSSR count). The molecule has 1 aliphatic rings. The molecule has 1 saturated heterocycles. The monoisotopic (exact) mass is 580 g/mol. The normalized spacial score (nSPS) is 15.6. The number of benzene rings is 1. The van der Waals surface area contributed by atoms with Crippen LogP contribution in [0.1, 0.15) is 37.9 Å². The first-order valence-electron chi connectivity index (χ1n) is 13.2. The number of pyridine rings is 2. The summed E-state index contributed by atoms with van der Waals surface area (Å²) in [6, 6.07) is 7.66. The van der Waals surface area contributed by atoms with Crippen LogP contribution in [0.4, 0.5) is 15.0 Å². The fraction of sp³-hybridized carbons (Fsp3) is 0.345. The van der Waals surface area contributed by atoms with Crippen molar-refractivity contribution in [2.75, 3.05) is 31.6 Å². The second kappa shape index (κ2) is 11.0. The molecule has 0 bridgehead atoms. The molecule has 0 spiro atoms. The third kappa shape index (κ3) is 4.94. The summed E-state index contributed by atoms with van der Waals surface area (Å²) in [5.74, 6) is -0.279. The van der Waals surface area contributed by atoms with E-state index in [1.54, 1.807) is 18.3 Å². The minimum atomic E-state index is -1.00. The lowest BCUT2D eigenvalue weighted by Gasteiger charge is -2.39. The van der Waals surface area contributed by atoms with Crippen molar-refractivity contribution in [3.8, 4) is 22.7 Å². The molecule has 0 radical (unpaired) electrons. The molecule has 3 aromatic heterocycles. The van der Waals surface area contributed by atoms with E-state index in [0.717, 1.165) is 5.56 Å². The Bertz CT molecular complexity index is 1730. The van der Waals surface area contributed by atoms with Gasteiger partial charge >= 0.3 is 11.8 Å². The standard InChI is InChI=1S/C29H30ClFN6O4/c1-15(2)22-24(16(3)9-10-32-22)37-27-19(13-20(30)23(33-27)18-7-6-8-21(31)25(18)41-5)26(34-28(37)38)36-12-11-35(29(39)40)14-17(36)4/h6-10,13,15,17H,11-12,14H2,1-5H3,(H,39,40)/t17-/m0/s1. The van der Waals surface area contributed by atoms with Gasteiger partial charge in [0.1, 0.15) is 5.82 Å². The summed E-state index contributed by atoms with van der Waals surface area (Å²) in [5.41, 5.74) is 2.29. The van der Waals surface area contributed by atoms with Crippen molar-refractivity contribution in [3.63, 3.8) is 0 Å². The van der Waals surface area contributed by atoms with E-state index in [1.165, 1.54) is 28.7 Å². The molecular formula is C29H30ClFN6O4. The van der Waals surface area contributed by atoms with Gasteiger partial charge in [-0.1, -0.05) is 31.5 Å². The average Bonchev–Trinajstić information content (AvgIpc) is 2.92. The maximum absolute atomic E-state index is 14.7. The van der Waals surface area contributed by atoms with Crippen molar-refractivity contribution in [3.05, 3.63) is 69.1 Å². The number of carboxylic acid groups (broad SMARTS) is 1. The van der Waals surface area contributed by atoms with Gasteiger partial charge in [-0.3, -0.25) is 4.98 Å². The summed E-state index contributed by atoms with van der Waals surface area (Å²) < 4.78 is 21.5. The van der Waals surface area contributed by atoms with Crippen molar-refractivity contribution in [2.24, 2.45) is 0 Å². The number of amides is 1. The first kappa shape index (κ1) is 28.3. The molecule has 1 N–H and O–H groups in total. The number of aryl methyl sites for hydroxylation is 1. The summed E-state index contributed by atoms with van der Waals surface area (Å²) in [6.45, 7) is 8.52. The fourth-order valence-electron chi connectivity index (χ4n) is 5.35. The Morgan fingerprint density at radius 2 is 1.98 bits per heavy atom. The van der Waals surface area contributed by atoms with Crippen molar-refractivity contribution in [2.45, 2.75) is 39.7 Å². The highest BCUT2D eigenvalue weighted by molar-refractivity contribution is 6.34. The lowest BCUT2D eigenvalue weighted by molar-refractivity contribution is 0.136. The maximum Gasteiger partial charge on any atom is 0.407 e. The average molecular weight is 581 g/mol. The maximum atomic E-state index is 14.7. The van der Waals surface area contributed by atoms with Gasteiger partial charge in [-0.05, 0) is 49.6 Å². The van der Waals surface area contributed by atoms with Gasteiger partial charge in [-0.15, -0.1) is 0 Å². The molecule has 0 unspecified atom stereocenters. The van der Waals surface area contributed by atoms with Crippen LogP contribution >= 0.6 is 11.6 Å². The molecule has 4 aromatic rings. The lowest BCUT2D eigenvalue weighted by Crippen LogP contribution is -2.54. The minimum absolute atomic E-state index is 0.0225. The molecule has 1 amide bonds. The predicted molar refractivity (Wildman–Crippen MR) is 155 cm³/mol. The molecule has 1 aromatic carbocycles. The van der Waals surface area contributed by atoms with Crippen LogP contribution in [0.5, 0.6) is 5.75 Å². The number of piperazine rings is 1. The first-order chi connectivity index (χ1) is 19.5. The Balaban J connectivity index is 1.85. The Kier molecular flexibility index (Phi) is 7.56. The van der Waals surface area contributed by atoms with Gasteiger partial charge in [-0.25, -0.2) is 23.5 Å². The fourth-order valence-corrected chi connectivity index (χ4v) is 5.60. The van der Waals surface area contributed by atoms with Gasteiger partial charge in [0.05, 0.1) is 34.6 Å². The van der Waals surface area contributed by atoms with Crippen LogP contribution in [0, 0.1) is 12.7 Å². The molecular weight excluding hydrogens is 551 g/mol. The van der Waals surface area contributed by atoms with Crippen molar-refractivity contribution < 1.29 is 19.0 Å². The molecule has 0 saturated carbocycles. The van der Waals surface area contributed by atoms with E-state index in [-0.39, 0.29) is 47.2 Å². The number of halogens is 2. The van der Waals surface area contributed by atoms with Gasteiger partial charge in [0, 0.05) is 37.4 Å². The molecule has 41 heavy (non-hydrogen) atoms. The smallest absolute Gasteiger partial charge is 0.407 e. The number of para-hydroxylation sites is 1. The highest BCUT2D eigenvalue weighted by Gasteiger charge is 2.31. The number of nitrogens with zero attached hydrogens (tertiary/aromatic N) is 6. The molecule has 4 heterocycles. The number of rotatable bonds is 5. The van der Waals surface area contributed by atoms with E-state index >= 15 is 0 Å². The predicted octanol–water partition coefficient (Wildman–Crippen LogP) is 5.26. The van der Waals surface area contributed by atoms with E-state index < -0.39 is 17.6 Å². The summed E-state index contributed by atoms with van der Waals surface area (Å²) >= 11 is 6.81. The third-order valence-electron chi connectivity index (χ3n) is 7.32. The van der Waals surface area contributed by atoms with Crippen molar-refractivity contribution in [1.82, 2.24) is 24.4 Å². The van der Waals surface area contributed by atoms with Crippen molar-refractivity contribution in [1.29, 1.82) is 0 Å². The van der Waals surface area contributed by atoms with E-state index in [2.05, 4.69) is 9.97 Å². The molecule has 0 aliphatic carbocycles. The van der Waals surface area contributed by atoms with Gasteiger partial charge in [0.2, 0.25) is 0 Å². The van der Waals surface area contributed by atoms with Crippen LogP contribution in [-0.2, 0) is 0 Å². The lowest BCUT2D eigenvalue weighted by atomic mass is 10.0. The SMILES string of the molecule is COc1c(F)cccc1-c1nc2c(cc1Cl)c(N1CCN(C(=O)O)C[C@@H]1C)nc(=O)n2-c1c(C)ccnc1C(C)C. The molecule has 1 atom stereocenters. The Labute approximate surface area is 241 Å². The zero-order chi connectivity index (χ0) is 29.6. The Morgan fingerprint density at radius 3 is 2.63 bits per heavy atom. The third-order valence-corrected chi connectivity index (χ3v) is 7.61. The number of hydrogen-bond donors (Lipinski definition) is 1. The van der Waals surface area contributed by atoms with Crippen molar-refractivity contribution >= 4 is 34.5 Å². The van der Waals surface area contributed by atoms with Gasteiger partial charge in [-0.2, -0.15) is 4.98 Å². The van der Waals surface area contributed by atoms with Crippen LogP contribution < -0.4 is 15.3 Å². The Morgan fingerprint density at radius 1 is 1.22 bits per heavy atom. The zero-order valence-corrected chi connectivity index (χ0v) is 24.1. The largest absolute Gasteiger partial charge is 0.493 e. The number of aromatic nitrogens is 4. The molecule has 10 nitrogen and oxygen atoms in total.